The normalized spacial score (nSPS) is 17.0. The molecule has 6 rings (SSSR count). The van der Waals surface area contributed by atoms with Crippen LogP contribution in [0.3, 0.4) is 0 Å². The summed E-state index contributed by atoms with van der Waals surface area (Å²) in [5.41, 5.74) is 3.05. The van der Waals surface area contributed by atoms with E-state index in [-0.39, 0.29) is 17.9 Å². The number of aromatic nitrogens is 3. The Morgan fingerprint density at radius 2 is 1.96 bits per heavy atom. The molecule has 2 fully saturated rings. The highest BCUT2D eigenvalue weighted by atomic mass is 35.5. The zero-order chi connectivity index (χ0) is 34.2. The maximum Gasteiger partial charge on any atom is 0.282 e. The van der Waals surface area contributed by atoms with Crippen LogP contribution in [0.5, 0.6) is 5.75 Å². The third-order valence-electron chi connectivity index (χ3n) is 8.21. The smallest absolute Gasteiger partial charge is 0.282 e. The maximum absolute atomic E-state index is 14.1. The number of thiazole rings is 1. The van der Waals surface area contributed by atoms with Crippen LogP contribution in [0.4, 0.5) is 36.9 Å². The lowest BCUT2D eigenvalue weighted by atomic mass is 10.1. The third kappa shape index (κ3) is 6.76. The number of nitrogens with one attached hydrogen (secondary N) is 2. The number of halogens is 3. The van der Waals surface area contributed by atoms with Gasteiger partial charge in [-0.05, 0) is 49.8 Å². The summed E-state index contributed by atoms with van der Waals surface area (Å²) < 4.78 is 33.7. The van der Waals surface area contributed by atoms with Crippen LogP contribution in [-0.4, -0.2) is 83.5 Å². The average Bonchev–Trinajstić information content (AvgIpc) is 3.53. The van der Waals surface area contributed by atoms with Crippen LogP contribution in [0.25, 0.3) is 11.3 Å². The molecule has 4 aromatic rings. The Morgan fingerprint density at radius 3 is 2.65 bits per heavy atom. The van der Waals surface area contributed by atoms with Gasteiger partial charge in [0.15, 0.2) is 22.5 Å². The van der Waals surface area contributed by atoms with E-state index in [1.165, 1.54) is 19.4 Å². The predicted molar refractivity (Wildman–Crippen MR) is 184 cm³/mol. The highest BCUT2D eigenvalue weighted by molar-refractivity contribution is 7.17. The molecule has 0 aliphatic carbocycles. The molecule has 15 heteroatoms. The Hall–Kier alpha value is -4.82. The topological polar surface area (TPSA) is 116 Å². The lowest BCUT2D eigenvalue weighted by Gasteiger charge is -2.45. The number of hydrogen-bond donors (Lipinski definition) is 2. The van der Waals surface area contributed by atoms with E-state index in [0.29, 0.717) is 74.7 Å². The summed E-state index contributed by atoms with van der Waals surface area (Å²) in [4.78, 5) is 44.8. The number of carbonyl (C=O) groups excluding carboxylic acids is 2. The van der Waals surface area contributed by atoms with Gasteiger partial charge >= 0.3 is 0 Å². The minimum atomic E-state index is -2.79. The summed E-state index contributed by atoms with van der Waals surface area (Å²) in [5.74, 6) is -1.95. The van der Waals surface area contributed by atoms with E-state index in [9.17, 15) is 18.4 Å². The van der Waals surface area contributed by atoms with Crippen molar-refractivity contribution in [2.75, 3.05) is 60.3 Å². The molecule has 2 amide bonds. The summed E-state index contributed by atoms with van der Waals surface area (Å²) in [7, 11) is 1.51. The van der Waals surface area contributed by atoms with Crippen LogP contribution in [0.1, 0.15) is 22.2 Å². The minimum Gasteiger partial charge on any atom is -0.493 e. The third-order valence-corrected chi connectivity index (χ3v) is 9.43. The van der Waals surface area contributed by atoms with Crippen LogP contribution >= 0.6 is 22.9 Å². The van der Waals surface area contributed by atoms with Crippen molar-refractivity contribution < 1.29 is 23.1 Å². The molecule has 0 unspecified atom stereocenters. The van der Waals surface area contributed by atoms with Gasteiger partial charge in [0.25, 0.3) is 11.8 Å². The Labute approximate surface area is 285 Å². The van der Waals surface area contributed by atoms with Crippen molar-refractivity contribution in [1.29, 1.82) is 0 Å². The van der Waals surface area contributed by atoms with Crippen molar-refractivity contribution in [3.8, 4) is 17.0 Å². The summed E-state index contributed by atoms with van der Waals surface area (Å²) in [6, 6.07) is 10.6. The number of alkyl halides is 2. The van der Waals surface area contributed by atoms with Crippen molar-refractivity contribution in [1.82, 2.24) is 19.9 Å². The van der Waals surface area contributed by atoms with E-state index < -0.39 is 19.0 Å². The fraction of sp³-hybridized carbons (Fsp3) is 0.303. The number of carbonyl (C=O) groups is 2. The Balaban J connectivity index is 1.26. The monoisotopic (exact) mass is 694 g/mol. The zero-order valence-electron chi connectivity index (χ0n) is 26.5. The number of amides is 2. The van der Waals surface area contributed by atoms with E-state index in [1.807, 2.05) is 36.9 Å². The van der Waals surface area contributed by atoms with Crippen LogP contribution in [0, 0.1) is 6.92 Å². The Bertz CT molecular complexity index is 1860. The number of piperazine rings is 1. The lowest BCUT2D eigenvalue weighted by Crippen LogP contribution is -2.58. The van der Waals surface area contributed by atoms with Gasteiger partial charge in [0, 0.05) is 37.4 Å². The first-order chi connectivity index (χ1) is 23.0. The molecule has 1 atom stereocenters. The molecule has 48 heavy (non-hydrogen) atoms. The van der Waals surface area contributed by atoms with Gasteiger partial charge in [-0.25, -0.2) is 23.7 Å². The van der Waals surface area contributed by atoms with Crippen molar-refractivity contribution in [3.63, 3.8) is 0 Å². The standard InChI is InChI=1S/C33H33ClF2N8O3S/c1-5-27(45)42-11-12-44(20(3)16-42)30-24(43-17-33(35,36)18-43)13-21(14-37-30)23-9-10-25(47-4)29(39-23)41-32-38-15-26(48-32)31(46)40-28-19(2)7-6-8-22(28)34/h5-10,13-15,20H,1,11-12,16-18H2,2-4H3,(H,40,46)(H,38,39,41)/t20-/m1/s1. The Morgan fingerprint density at radius 1 is 1.17 bits per heavy atom. The number of benzene rings is 1. The van der Waals surface area contributed by atoms with Gasteiger partial charge in [-0.2, -0.15) is 0 Å². The lowest BCUT2D eigenvalue weighted by molar-refractivity contribution is -0.126. The molecule has 5 heterocycles. The second-order valence-electron chi connectivity index (χ2n) is 11.6. The first-order valence-electron chi connectivity index (χ1n) is 15.1. The van der Waals surface area contributed by atoms with Crippen LogP contribution in [-0.2, 0) is 4.79 Å². The van der Waals surface area contributed by atoms with Crippen molar-refractivity contribution in [3.05, 3.63) is 76.9 Å². The molecule has 2 N–H and O–H groups in total. The van der Waals surface area contributed by atoms with Gasteiger partial charge in [-0.1, -0.05) is 41.6 Å². The fourth-order valence-electron chi connectivity index (χ4n) is 5.69. The van der Waals surface area contributed by atoms with Crippen molar-refractivity contribution in [2.24, 2.45) is 0 Å². The number of hydrogen-bond acceptors (Lipinski definition) is 10. The summed E-state index contributed by atoms with van der Waals surface area (Å²) in [6.45, 7) is 7.97. The number of para-hydroxylation sites is 1. The molecule has 2 aliphatic heterocycles. The zero-order valence-corrected chi connectivity index (χ0v) is 28.0. The number of nitrogens with zero attached hydrogens (tertiary/aromatic N) is 6. The molecule has 2 aliphatic rings. The van der Waals surface area contributed by atoms with Gasteiger partial charge in [0.1, 0.15) is 4.88 Å². The molecular formula is C33H33ClF2N8O3S. The van der Waals surface area contributed by atoms with E-state index in [4.69, 9.17) is 26.3 Å². The van der Waals surface area contributed by atoms with Gasteiger partial charge < -0.3 is 30.1 Å². The molecule has 250 valence electrons. The van der Waals surface area contributed by atoms with Gasteiger partial charge in [0.2, 0.25) is 5.91 Å². The van der Waals surface area contributed by atoms with Gasteiger partial charge in [-0.15, -0.1) is 0 Å². The SMILES string of the molecule is C=CC(=O)N1CCN(c2ncc(-c3ccc(OC)c(Nc4ncc(C(=O)Nc5c(C)cccc5Cl)s4)n3)cc2N2CC(F)(F)C2)[C@H](C)C1. The van der Waals surface area contributed by atoms with Gasteiger partial charge in [-0.3, -0.25) is 9.59 Å². The summed E-state index contributed by atoms with van der Waals surface area (Å²) in [6.07, 6.45) is 4.41. The maximum atomic E-state index is 14.1. The number of methoxy groups -OCH3 is 1. The van der Waals surface area contributed by atoms with E-state index in [1.54, 1.807) is 34.2 Å². The van der Waals surface area contributed by atoms with Crippen molar-refractivity contribution >= 4 is 62.9 Å². The molecule has 0 saturated carbocycles. The molecule has 3 aromatic heterocycles. The summed E-state index contributed by atoms with van der Waals surface area (Å²) >= 11 is 7.41. The van der Waals surface area contributed by atoms with E-state index >= 15 is 0 Å². The molecule has 0 spiro atoms. The van der Waals surface area contributed by atoms with Crippen molar-refractivity contribution in [2.45, 2.75) is 25.8 Å². The first kappa shape index (κ1) is 33.1. The second-order valence-corrected chi connectivity index (χ2v) is 13.0. The Kier molecular flexibility index (Phi) is 9.21. The van der Waals surface area contributed by atoms with Crippen LogP contribution in [0.2, 0.25) is 5.02 Å². The number of rotatable bonds is 9. The number of ether oxygens (including phenoxy) is 1. The van der Waals surface area contributed by atoms with Gasteiger partial charge in [0.05, 0.1) is 48.5 Å². The molecule has 11 nitrogen and oxygen atoms in total. The highest BCUT2D eigenvalue weighted by Crippen LogP contribution is 2.40. The largest absolute Gasteiger partial charge is 0.493 e. The van der Waals surface area contributed by atoms with E-state index in [0.717, 1.165) is 16.9 Å². The van der Waals surface area contributed by atoms with Crippen LogP contribution in [0.15, 0.2) is 61.4 Å². The van der Waals surface area contributed by atoms with Crippen LogP contribution < -0.4 is 25.2 Å². The number of anilines is 5. The van der Waals surface area contributed by atoms with E-state index in [2.05, 4.69) is 22.2 Å². The molecule has 2 saturated heterocycles. The fourth-order valence-corrected chi connectivity index (χ4v) is 6.67. The highest BCUT2D eigenvalue weighted by Gasteiger charge is 2.45. The molecule has 1 aromatic carbocycles. The number of aryl methyl sites for hydroxylation is 1. The average molecular weight is 695 g/mol. The second kappa shape index (κ2) is 13.4. The first-order valence-corrected chi connectivity index (χ1v) is 16.3. The minimum absolute atomic E-state index is 0.101. The molecule has 0 radical (unpaired) electrons. The predicted octanol–water partition coefficient (Wildman–Crippen LogP) is 6.24. The number of pyridine rings is 2. The molecule has 0 bridgehead atoms. The quantitative estimate of drug-likeness (QED) is 0.196. The summed E-state index contributed by atoms with van der Waals surface area (Å²) in [5, 5.41) is 6.82. The molecular weight excluding hydrogens is 662 g/mol.